The van der Waals surface area contributed by atoms with Crippen LogP contribution in [0.4, 0.5) is 5.82 Å². The van der Waals surface area contributed by atoms with Crippen LogP contribution in [-0.2, 0) is 13.1 Å². The number of benzene rings is 2. The lowest BCUT2D eigenvalue weighted by molar-refractivity contribution is 0.693. The molecule has 172 valence electrons. The fraction of sp³-hybridized carbons (Fsp3) is 0.172. The van der Waals surface area contributed by atoms with Gasteiger partial charge in [0.25, 0.3) is 0 Å². The molecule has 2 aromatic carbocycles. The molecule has 34 heavy (non-hydrogen) atoms. The summed E-state index contributed by atoms with van der Waals surface area (Å²) < 4.78 is 2.11. The summed E-state index contributed by atoms with van der Waals surface area (Å²) in [5.41, 5.74) is 4.87. The monoisotopic (exact) mass is 450 g/mol. The third kappa shape index (κ3) is 5.33. The van der Waals surface area contributed by atoms with Gasteiger partial charge in [-0.25, -0.2) is 0 Å². The van der Waals surface area contributed by atoms with Gasteiger partial charge in [0.05, 0.1) is 10.9 Å². The summed E-state index contributed by atoms with van der Waals surface area (Å²) in [5, 5.41) is 7.58. The van der Waals surface area contributed by atoms with Crippen molar-refractivity contribution in [2.75, 3.05) is 5.32 Å². The van der Waals surface area contributed by atoms with Gasteiger partial charge in [0.2, 0.25) is 0 Å². The normalized spacial score (nSPS) is 11.9. The van der Waals surface area contributed by atoms with E-state index in [4.69, 9.17) is 0 Å². The lowest BCUT2D eigenvalue weighted by Gasteiger charge is -2.21. The number of aromatic nitrogens is 2. The molecule has 0 atom stereocenters. The van der Waals surface area contributed by atoms with Crippen LogP contribution in [0.1, 0.15) is 31.4 Å². The predicted octanol–water partition coefficient (Wildman–Crippen LogP) is 5.96. The van der Waals surface area contributed by atoms with E-state index >= 15 is 0 Å². The van der Waals surface area contributed by atoms with Crippen LogP contribution in [0.3, 0.4) is 0 Å². The van der Waals surface area contributed by atoms with Gasteiger partial charge in [-0.05, 0) is 37.1 Å². The second-order valence-electron chi connectivity index (χ2n) is 8.03. The molecule has 2 heterocycles. The summed E-state index contributed by atoms with van der Waals surface area (Å²) in [6.45, 7) is 5.40. The zero-order chi connectivity index (χ0) is 23.8. The Morgan fingerprint density at radius 3 is 2.44 bits per heavy atom. The Bertz CT molecular complexity index is 1360. The van der Waals surface area contributed by atoms with Gasteiger partial charge in [0.15, 0.2) is 5.43 Å². The molecule has 0 saturated heterocycles. The quantitative estimate of drug-likeness (QED) is 0.309. The highest BCUT2D eigenvalue weighted by Gasteiger charge is 2.15. The number of para-hydroxylation sites is 1. The van der Waals surface area contributed by atoms with Crippen LogP contribution in [0.15, 0.2) is 108 Å². The van der Waals surface area contributed by atoms with Gasteiger partial charge in [0.1, 0.15) is 5.82 Å². The minimum absolute atomic E-state index is 0.0583. The van der Waals surface area contributed by atoms with Crippen molar-refractivity contribution in [3.05, 3.63) is 124 Å². The van der Waals surface area contributed by atoms with Crippen LogP contribution in [0.2, 0.25) is 0 Å². The molecule has 5 heteroatoms. The van der Waals surface area contributed by atoms with Crippen LogP contribution in [0.25, 0.3) is 16.6 Å². The van der Waals surface area contributed by atoms with E-state index in [0.29, 0.717) is 17.7 Å². The Morgan fingerprint density at radius 2 is 1.74 bits per heavy atom. The van der Waals surface area contributed by atoms with Gasteiger partial charge in [-0.3, -0.25) is 14.3 Å². The lowest BCUT2D eigenvalue weighted by atomic mass is 10.1. The van der Waals surface area contributed by atoms with Crippen LogP contribution >= 0.6 is 0 Å². The first-order valence-electron chi connectivity index (χ1n) is 11.6. The highest BCUT2D eigenvalue weighted by Crippen LogP contribution is 2.26. The zero-order valence-corrected chi connectivity index (χ0v) is 19.7. The van der Waals surface area contributed by atoms with Crippen molar-refractivity contribution in [1.29, 1.82) is 0 Å². The van der Waals surface area contributed by atoms with Crippen molar-refractivity contribution in [2.45, 2.75) is 33.4 Å². The fourth-order valence-corrected chi connectivity index (χ4v) is 3.94. The van der Waals surface area contributed by atoms with Crippen molar-refractivity contribution in [1.82, 2.24) is 14.9 Å². The van der Waals surface area contributed by atoms with Gasteiger partial charge in [0, 0.05) is 48.5 Å². The first kappa shape index (κ1) is 23.2. The van der Waals surface area contributed by atoms with Crippen LogP contribution in [-0.4, -0.2) is 9.55 Å². The van der Waals surface area contributed by atoms with E-state index in [1.54, 1.807) is 12.3 Å². The van der Waals surface area contributed by atoms with Gasteiger partial charge in [-0.2, -0.15) is 0 Å². The third-order valence-corrected chi connectivity index (χ3v) is 5.61. The summed E-state index contributed by atoms with van der Waals surface area (Å²) in [5.74, 6) is 0.716. The van der Waals surface area contributed by atoms with Crippen LogP contribution in [0.5, 0.6) is 0 Å². The molecule has 0 fully saturated rings. The van der Waals surface area contributed by atoms with Gasteiger partial charge in [-0.1, -0.05) is 67.6 Å². The van der Waals surface area contributed by atoms with Crippen molar-refractivity contribution < 1.29 is 0 Å². The van der Waals surface area contributed by atoms with E-state index < -0.39 is 0 Å². The standard InChI is InChI=1S/C29H30N4O/c1-3-5-14-24(4-2)32-28-17-27(34)26-21-31-20-23(19-30-18-22-12-8-6-9-13-22)29(26)33(28)25-15-10-7-11-16-25/h4-17,20-21,30,32H,3,18-19H2,1-2H3/b14-5-,24-4+. The number of nitrogens with one attached hydrogen (secondary N) is 2. The molecule has 0 radical (unpaired) electrons. The second kappa shape index (κ2) is 11.3. The molecule has 0 aliphatic rings. The topological polar surface area (TPSA) is 59.0 Å². The minimum Gasteiger partial charge on any atom is -0.342 e. The molecule has 4 aromatic rings. The van der Waals surface area contributed by atoms with E-state index in [1.807, 2.05) is 73.8 Å². The van der Waals surface area contributed by atoms with Crippen LogP contribution < -0.4 is 16.1 Å². The number of hydrogen-bond donors (Lipinski definition) is 2. The first-order chi connectivity index (χ1) is 16.7. The number of allylic oxidation sites excluding steroid dienone is 3. The third-order valence-electron chi connectivity index (χ3n) is 5.61. The Labute approximate surface area is 200 Å². The number of pyridine rings is 2. The largest absolute Gasteiger partial charge is 0.342 e. The molecule has 0 spiro atoms. The maximum Gasteiger partial charge on any atom is 0.193 e. The Hall–Kier alpha value is -3.96. The SMILES string of the molecule is C/C=C(\C=C/CC)Nc1cc(=O)c2cncc(CNCc3ccccc3)c2n1-c1ccccc1. The molecule has 0 unspecified atom stereocenters. The molecule has 0 saturated carbocycles. The molecular formula is C29H30N4O. The Balaban J connectivity index is 1.83. The molecule has 0 aliphatic heterocycles. The van der Waals surface area contributed by atoms with E-state index in [9.17, 15) is 4.79 Å². The molecule has 0 amide bonds. The summed E-state index contributed by atoms with van der Waals surface area (Å²) in [6, 6.07) is 22.0. The summed E-state index contributed by atoms with van der Waals surface area (Å²) >= 11 is 0. The smallest absolute Gasteiger partial charge is 0.193 e. The van der Waals surface area contributed by atoms with E-state index in [-0.39, 0.29) is 5.43 Å². The van der Waals surface area contributed by atoms with Crippen molar-refractivity contribution >= 4 is 16.7 Å². The highest BCUT2D eigenvalue weighted by atomic mass is 16.1. The number of fused-ring (bicyclic) bond motifs is 1. The second-order valence-corrected chi connectivity index (χ2v) is 8.03. The minimum atomic E-state index is -0.0583. The van der Waals surface area contributed by atoms with Crippen molar-refractivity contribution in [2.24, 2.45) is 0 Å². The van der Waals surface area contributed by atoms with Crippen molar-refractivity contribution in [3.63, 3.8) is 0 Å². The molecule has 4 rings (SSSR count). The van der Waals surface area contributed by atoms with E-state index in [0.717, 1.165) is 35.4 Å². The van der Waals surface area contributed by atoms with E-state index in [2.05, 4.69) is 45.3 Å². The van der Waals surface area contributed by atoms with Gasteiger partial charge < -0.3 is 10.6 Å². The van der Waals surface area contributed by atoms with E-state index in [1.165, 1.54) is 5.56 Å². The van der Waals surface area contributed by atoms with Gasteiger partial charge >= 0.3 is 0 Å². The zero-order valence-electron chi connectivity index (χ0n) is 19.7. The number of rotatable bonds is 9. The first-order valence-corrected chi connectivity index (χ1v) is 11.6. The summed E-state index contributed by atoms with van der Waals surface area (Å²) in [6.07, 6.45) is 10.6. The maximum atomic E-state index is 13.2. The number of hydrogen-bond acceptors (Lipinski definition) is 4. The lowest BCUT2D eigenvalue weighted by Crippen LogP contribution is -2.18. The average Bonchev–Trinajstić information content (AvgIpc) is 2.88. The molecule has 0 aliphatic carbocycles. The molecule has 2 aromatic heterocycles. The molecule has 0 bridgehead atoms. The molecular weight excluding hydrogens is 420 g/mol. The molecule has 5 nitrogen and oxygen atoms in total. The Kier molecular flexibility index (Phi) is 7.68. The highest BCUT2D eigenvalue weighted by molar-refractivity contribution is 5.85. The summed E-state index contributed by atoms with van der Waals surface area (Å²) in [4.78, 5) is 17.5. The van der Waals surface area contributed by atoms with Crippen molar-refractivity contribution in [3.8, 4) is 5.69 Å². The fourth-order valence-electron chi connectivity index (χ4n) is 3.94. The summed E-state index contributed by atoms with van der Waals surface area (Å²) in [7, 11) is 0. The maximum absolute atomic E-state index is 13.2. The predicted molar refractivity (Wildman–Crippen MR) is 141 cm³/mol. The average molecular weight is 451 g/mol. The number of nitrogens with zero attached hydrogens (tertiary/aromatic N) is 2. The molecule has 2 N–H and O–H groups in total. The van der Waals surface area contributed by atoms with Gasteiger partial charge in [-0.15, -0.1) is 0 Å². The Morgan fingerprint density at radius 1 is 1.00 bits per heavy atom. The number of anilines is 1. The van der Waals surface area contributed by atoms with Crippen LogP contribution in [0, 0.1) is 0 Å².